The van der Waals surface area contributed by atoms with Gasteiger partial charge in [0.25, 0.3) is 0 Å². The van der Waals surface area contributed by atoms with Gasteiger partial charge in [-0.1, -0.05) is 48.5 Å². The van der Waals surface area contributed by atoms with Crippen molar-refractivity contribution >= 4 is 5.69 Å². The predicted molar refractivity (Wildman–Crippen MR) is 91.3 cm³/mol. The van der Waals surface area contributed by atoms with Crippen LogP contribution in [0.1, 0.15) is 17.5 Å². The third-order valence-electron chi connectivity index (χ3n) is 6.56. The van der Waals surface area contributed by atoms with E-state index in [1.165, 1.54) is 30.8 Å². The number of para-hydroxylation sites is 1. The van der Waals surface area contributed by atoms with Gasteiger partial charge in [-0.25, -0.2) is 0 Å². The zero-order chi connectivity index (χ0) is 15.0. The van der Waals surface area contributed by atoms with Crippen LogP contribution in [0.3, 0.4) is 0 Å². The molecule has 0 radical (unpaired) electrons. The monoisotopic (exact) mass is 303 g/mol. The van der Waals surface area contributed by atoms with Gasteiger partial charge < -0.3 is 5.32 Å². The summed E-state index contributed by atoms with van der Waals surface area (Å²) in [4.78, 5) is 5.44. The number of anilines is 1. The topological polar surface area (TPSA) is 18.3 Å². The molecule has 2 aromatic rings. The van der Waals surface area contributed by atoms with Crippen molar-refractivity contribution in [3.8, 4) is 0 Å². The minimum Gasteiger partial charge on any atom is -0.369 e. The van der Waals surface area contributed by atoms with E-state index in [9.17, 15) is 0 Å². The Bertz CT molecular complexity index is 773. The zero-order valence-corrected chi connectivity index (χ0v) is 13.2. The Morgan fingerprint density at radius 3 is 2.78 bits per heavy atom. The van der Waals surface area contributed by atoms with Gasteiger partial charge in [-0.05, 0) is 30.2 Å². The summed E-state index contributed by atoms with van der Waals surface area (Å²) in [6, 6.07) is 21.4. The van der Waals surface area contributed by atoms with Gasteiger partial charge in [-0.3, -0.25) is 9.80 Å². The van der Waals surface area contributed by atoms with Gasteiger partial charge in [0.05, 0.1) is 6.17 Å². The lowest BCUT2D eigenvalue weighted by molar-refractivity contribution is 0.214. The van der Waals surface area contributed by atoms with Crippen molar-refractivity contribution in [2.24, 2.45) is 0 Å². The first-order valence-corrected chi connectivity index (χ1v) is 8.78. The van der Waals surface area contributed by atoms with Crippen LogP contribution < -0.4 is 5.32 Å². The van der Waals surface area contributed by atoms with Crippen molar-refractivity contribution in [3.05, 3.63) is 65.7 Å². The van der Waals surface area contributed by atoms with Crippen LogP contribution in [0.15, 0.2) is 54.6 Å². The standard InChI is InChI=1S/C20H21N3/c1-2-6-14(7-3-1)12-22-11-10-20-15-8-4-5-9-16(15)21-19(20)23-13-17(23)18(20)22/h1-9,17-19,21H,10-13H2/t17-,18?,19?,20+,23?/m1/s1. The SMILES string of the molecule is c1ccc(CN2CC[C@@]34c5ccccc5NC3N3C[C@@H]3C24)cc1. The van der Waals surface area contributed by atoms with Crippen LogP contribution in [-0.4, -0.2) is 41.1 Å². The largest absolute Gasteiger partial charge is 0.369 e. The maximum Gasteiger partial charge on any atom is 0.0913 e. The highest BCUT2D eigenvalue weighted by Crippen LogP contribution is 2.61. The average Bonchev–Trinajstić information content (AvgIpc) is 3.05. The Morgan fingerprint density at radius 1 is 1.04 bits per heavy atom. The molecule has 1 spiro atoms. The van der Waals surface area contributed by atoms with Crippen LogP contribution in [0, 0.1) is 0 Å². The van der Waals surface area contributed by atoms with Crippen molar-refractivity contribution < 1.29 is 0 Å². The second-order valence-corrected chi connectivity index (χ2v) is 7.55. The molecule has 1 N–H and O–H groups in total. The number of fused-ring (bicyclic) bond motifs is 4. The van der Waals surface area contributed by atoms with Crippen LogP contribution in [0.25, 0.3) is 0 Å². The van der Waals surface area contributed by atoms with E-state index in [4.69, 9.17) is 0 Å². The van der Waals surface area contributed by atoms with Crippen molar-refractivity contribution in [1.82, 2.24) is 9.80 Å². The van der Waals surface area contributed by atoms with Crippen LogP contribution in [0.5, 0.6) is 0 Å². The van der Waals surface area contributed by atoms with Gasteiger partial charge >= 0.3 is 0 Å². The molecule has 3 unspecified atom stereocenters. The maximum absolute atomic E-state index is 3.83. The third-order valence-corrected chi connectivity index (χ3v) is 6.56. The molecule has 5 atom stereocenters. The highest BCUT2D eigenvalue weighted by Gasteiger charge is 2.72. The van der Waals surface area contributed by atoms with Gasteiger partial charge in [-0.2, -0.15) is 0 Å². The minimum absolute atomic E-state index is 0.314. The summed E-state index contributed by atoms with van der Waals surface area (Å²) in [5.74, 6) is 0. The van der Waals surface area contributed by atoms with E-state index < -0.39 is 0 Å². The number of piperidine rings is 1. The fourth-order valence-electron chi connectivity index (χ4n) is 5.68. The summed E-state index contributed by atoms with van der Waals surface area (Å²) < 4.78 is 0. The summed E-state index contributed by atoms with van der Waals surface area (Å²) in [6.07, 6.45) is 1.81. The smallest absolute Gasteiger partial charge is 0.0913 e. The van der Waals surface area contributed by atoms with Crippen LogP contribution in [0.4, 0.5) is 5.69 Å². The molecular formula is C20H21N3. The highest BCUT2D eigenvalue weighted by atomic mass is 15.5. The number of hydrogen-bond donors (Lipinski definition) is 1. The highest BCUT2D eigenvalue weighted by molar-refractivity contribution is 5.65. The molecule has 4 heterocycles. The second kappa shape index (κ2) is 4.16. The summed E-state index contributed by atoms with van der Waals surface area (Å²) in [7, 11) is 0. The fraction of sp³-hybridized carbons (Fsp3) is 0.400. The van der Waals surface area contributed by atoms with Crippen molar-refractivity contribution in [3.63, 3.8) is 0 Å². The number of likely N-dealkylation sites (tertiary alicyclic amines) is 1. The number of rotatable bonds is 2. The summed E-state index contributed by atoms with van der Waals surface area (Å²) in [5.41, 5.74) is 4.69. The number of hydrogen-bond acceptors (Lipinski definition) is 3. The second-order valence-electron chi connectivity index (χ2n) is 7.55. The molecule has 4 aliphatic heterocycles. The summed E-state index contributed by atoms with van der Waals surface area (Å²) in [5, 5.41) is 3.83. The number of benzene rings is 2. The van der Waals surface area contributed by atoms with E-state index in [2.05, 4.69) is 69.7 Å². The zero-order valence-electron chi connectivity index (χ0n) is 13.2. The lowest BCUT2D eigenvalue weighted by Crippen LogP contribution is -2.48. The van der Waals surface area contributed by atoms with E-state index in [1.807, 2.05) is 0 Å². The molecule has 3 heteroatoms. The van der Waals surface area contributed by atoms with Gasteiger partial charge in [0.15, 0.2) is 0 Å². The molecular weight excluding hydrogens is 282 g/mol. The Morgan fingerprint density at radius 2 is 1.87 bits per heavy atom. The molecule has 0 bridgehead atoms. The third kappa shape index (κ3) is 1.47. The van der Waals surface area contributed by atoms with Crippen LogP contribution in [-0.2, 0) is 12.0 Å². The van der Waals surface area contributed by atoms with E-state index in [0.29, 0.717) is 17.6 Å². The van der Waals surface area contributed by atoms with Gasteiger partial charge in [-0.15, -0.1) is 0 Å². The minimum atomic E-state index is 0.314. The summed E-state index contributed by atoms with van der Waals surface area (Å²) in [6.45, 7) is 3.58. The van der Waals surface area contributed by atoms with E-state index >= 15 is 0 Å². The Labute approximate surface area is 136 Å². The Hall–Kier alpha value is -1.84. The fourth-order valence-corrected chi connectivity index (χ4v) is 5.68. The molecule has 116 valence electrons. The molecule has 0 saturated carbocycles. The first-order chi connectivity index (χ1) is 11.4. The van der Waals surface area contributed by atoms with E-state index in [-0.39, 0.29) is 0 Å². The number of nitrogens with one attached hydrogen (secondary N) is 1. The van der Waals surface area contributed by atoms with Gasteiger partial charge in [0.1, 0.15) is 0 Å². The quantitative estimate of drug-likeness (QED) is 0.860. The first-order valence-electron chi connectivity index (χ1n) is 8.78. The van der Waals surface area contributed by atoms with Crippen molar-refractivity contribution in [2.75, 3.05) is 18.4 Å². The van der Waals surface area contributed by atoms with Crippen molar-refractivity contribution in [2.45, 2.75) is 36.6 Å². The predicted octanol–water partition coefficient (Wildman–Crippen LogP) is 2.65. The van der Waals surface area contributed by atoms with Gasteiger partial charge in [0.2, 0.25) is 0 Å². The molecule has 2 aromatic carbocycles. The molecule has 3 saturated heterocycles. The molecule has 0 aliphatic carbocycles. The first kappa shape index (κ1) is 12.6. The van der Waals surface area contributed by atoms with E-state index in [1.54, 1.807) is 5.56 Å². The molecule has 6 rings (SSSR count). The van der Waals surface area contributed by atoms with Gasteiger partial charge in [0, 0.05) is 36.3 Å². The Balaban J connectivity index is 1.42. The molecule has 0 amide bonds. The average molecular weight is 303 g/mol. The molecule has 3 fully saturated rings. The lowest BCUT2D eigenvalue weighted by Gasteiger charge is -2.34. The summed E-state index contributed by atoms with van der Waals surface area (Å²) >= 11 is 0. The van der Waals surface area contributed by atoms with Crippen molar-refractivity contribution in [1.29, 1.82) is 0 Å². The van der Waals surface area contributed by atoms with E-state index in [0.717, 1.165) is 12.6 Å². The number of nitrogens with zero attached hydrogens (tertiary/aromatic N) is 2. The molecule has 23 heavy (non-hydrogen) atoms. The normalized spacial score (nSPS) is 39.3. The van der Waals surface area contributed by atoms with Crippen LogP contribution >= 0.6 is 0 Å². The Kier molecular flexibility index (Phi) is 2.27. The van der Waals surface area contributed by atoms with Crippen LogP contribution in [0.2, 0.25) is 0 Å². The molecule has 3 nitrogen and oxygen atoms in total. The maximum atomic E-state index is 3.83. The molecule has 0 aromatic heterocycles. The molecule has 4 aliphatic rings. The lowest BCUT2D eigenvalue weighted by atomic mass is 9.74.